The molecule has 0 saturated carbocycles. The molecule has 1 aliphatic rings. The van der Waals surface area contributed by atoms with Crippen LogP contribution in [0, 0.1) is 0 Å². The van der Waals surface area contributed by atoms with Crippen LogP contribution in [0.2, 0.25) is 5.02 Å². The molecule has 1 saturated heterocycles. The average Bonchev–Trinajstić information content (AvgIpc) is 2.92. The number of nitrogens with one attached hydrogen (secondary N) is 1. The van der Waals surface area contributed by atoms with E-state index >= 15 is 0 Å². The van der Waals surface area contributed by atoms with E-state index in [0.29, 0.717) is 16.5 Å². The van der Waals surface area contributed by atoms with Crippen LogP contribution in [0.5, 0.6) is 5.75 Å². The van der Waals surface area contributed by atoms with Crippen molar-refractivity contribution >= 4 is 52.5 Å². The van der Waals surface area contributed by atoms with E-state index in [4.69, 9.17) is 16.3 Å². The van der Waals surface area contributed by atoms with Crippen molar-refractivity contribution in [2.75, 3.05) is 23.9 Å². The quantitative estimate of drug-likeness (QED) is 0.514. The Hall–Kier alpha value is -1.11. The smallest absolute Gasteiger partial charge is 0.261 e. The summed E-state index contributed by atoms with van der Waals surface area (Å²) in [4.78, 5) is 24.2. The molecule has 1 fully saturated rings. The number of methoxy groups -OCH3 is 1. The minimum atomic E-state index is -0.431. The highest BCUT2D eigenvalue weighted by molar-refractivity contribution is 8.25. The first-order valence-electron chi connectivity index (χ1n) is 6.18. The van der Waals surface area contributed by atoms with Crippen LogP contribution in [0.25, 0.3) is 0 Å². The lowest BCUT2D eigenvalue weighted by molar-refractivity contribution is -0.118. The van der Waals surface area contributed by atoms with Gasteiger partial charge in [-0.1, -0.05) is 11.6 Å². The summed E-state index contributed by atoms with van der Waals surface area (Å²) < 4.78 is 5.96. The lowest BCUT2D eigenvalue weighted by Gasteiger charge is -2.12. The molecule has 1 N–H and O–H groups in total. The van der Waals surface area contributed by atoms with Gasteiger partial charge in [0.15, 0.2) is 5.78 Å². The van der Waals surface area contributed by atoms with Gasteiger partial charge in [0.25, 0.3) is 5.91 Å². The number of amides is 1. The molecule has 0 radical (unpaired) electrons. The molecule has 21 heavy (non-hydrogen) atoms. The summed E-state index contributed by atoms with van der Waals surface area (Å²) in [6.45, 7) is 1.40. The van der Waals surface area contributed by atoms with E-state index in [9.17, 15) is 9.59 Å². The SMILES string of the molecule is COc1ccc(Cl)cc1NC(=O)C(C(C)=O)=C1SCCS1. The fourth-order valence-electron chi connectivity index (χ4n) is 1.81. The van der Waals surface area contributed by atoms with Crippen molar-refractivity contribution in [3.63, 3.8) is 0 Å². The lowest BCUT2D eigenvalue weighted by Crippen LogP contribution is -2.20. The maximum Gasteiger partial charge on any atom is 0.261 e. The third-order valence-corrected chi connectivity index (χ3v) is 5.69. The summed E-state index contributed by atoms with van der Waals surface area (Å²) in [5, 5.41) is 3.19. The number of benzene rings is 1. The van der Waals surface area contributed by atoms with E-state index in [1.54, 1.807) is 18.2 Å². The third-order valence-electron chi connectivity index (χ3n) is 2.74. The van der Waals surface area contributed by atoms with Crippen LogP contribution >= 0.6 is 35.1 Å². The summed E-state index contributed by atoms with van der Waals surface area (Å²) >= 11 is 9.00. The molecule has 1 aliphatic heterocycles. The molecule has 0 unspecified atom stereocenters. The van der Waals surface area contributed by atoms with E-state index in [-0.39, 0.29) is 11.4 Å². The summed E-state index contributed by atoms with van der Waals surface area (Å²) in [6, 6.07) is 4.93. The van der Waals surface area contributed by atoms with E-state index in [2.05, 4.69) is 5.32 Å². The molecule has 0 bridgehead atoms. The van der Waals surface area contributed by atoms with E-state index in [1.807, 2.05) is 0 Å². The normalized spacial score (nSPS) is 14.0. The molecule has 0 aliphatic carbocycles. The fraction of sp³-hybridized carbons (Fsp3) is 0.286. The number of carbonyl (C=O) groups excluding carboxylic acids is 2. The molecule has 4 nitrogen and oxygen atoms in total. The minimum Gasteiger partial charge on any atom is -0.495 e. The van der Waals surface area contributed by atoms with Crippen molar-refractivity contribution < 1.29 is 14.3 Å². The Kier molecular flexibility index (Phi) is 5.61. The van der Waals surface area contributed by atoms with Crippen LogP contribution in [-0.2, 0) is 9.59 Å². The fourth-order valence-corrected chi connectivity index (χ4v) is 4.62. The molecule has 0 atom stereocenters. The second kappa shape index (κ2) is 7.24. The third kappa shape index (κ3) is 3.96. The summed E-state index contributed by atoms with van der Waals surface area (Å²) in [5.74, 6) is 1.63. The number of halogens is 1. The van der Waals surface area contributed by atoms with Gasteiger partial charge in [0, 0.05) is 16.5 Å². The predicted molar refractivity (Wildman–Crippen MR) is 89.3 cm³/mol. The molecular formula is C14H14ClNO3S2. The molecular weight excluding hydrogens is 330 g/mol. The zero-order chi connectivity index (χ0) is 15.4. The zero-order valence-corrected chi connectivity index (χ0v) is 14.0. The molecule has 2 rings (SSSR count). The number of carbonyl (C=O) groups is 2. The maximum atomic E-state index is 12.4. The monoisotopic (exact) mass is 343 g/mol. The maximum absolute atomic E-state index is 12.4. The van der Waals surface area contributed by atoms with Crippen LogP contribution in [-0.4, -0.2) is 30.3 Å². The number of rotatable bonds is 4. The topological polar surface area (TPSA) is 55.4 Å². The van der Waals surface area contributed by atoms with E-state index in [1.165, 1.54) is 37.6 Å². The van der Waals surface area contributed by atoms with Crippen molar-refractivity contribution in [2.45, 2.75) is 6.92 Å². The number of ether oxygens (including phenoxy) is 1. The predicted octanol–water partition coefficient (Wildman–Crippen LogP) is 3.57. The number of ketones is 1. The van der Waals surface area contributed by atoms with Gasteiger partial charge in [-0.25, -0.2) is 0 Å². The minimum absolute atomic E-state index is 0.199. The second-order valence-corrected chi connectivity index (χ2v) is 7.12. The summed E-state index contributed by atoms with van der Waals surface area (Å²) in [6.07, 6.45) is 0. The van der Waals surface area contributed by atoms with Crippen LogP contribution in [0.3, 0.4) is 0 Å². The molecule has 1 aromatic carbocycles. The number of anilines is 1. The summed E-state index contributed by atoms with van der Waals surface area (Å²) in [7, 11) is 1.51. The lowest BCUT2D eigenvalue weighted by atomic mass is 10.2. The zero-order valence-electron chi connectivity index (χ0n) is 11.6. The Morgan fingerprint density at radius 2 is 1.95 bits per heavy atom. The van der Waals surface area contributed by atoms with Gasteiger partial charge in [0.05, 0.1) is 17.0 Å². The van der Waals surface area contributed by atoms with Crippen molar-refractivity contribution in [3.8, 4) is 5.75 Å². The number of hydrogen-bond donors (Lipinski definition) is 1. The second-order valence-electron chi connectivity index (χ2n) is 4.21. The Bertz CT molecular complexity index is 608. The highest BCUT2D eigenvalue weighted by atomic mass is 35.5. The van der Waals surface area contributed by atoms with Crippen LogP contribution < -0.4 is 10.1 Å². The van der Waals surface area contributed by atoms with Gasteiger partial charge in [0.2, 0.25) is 0 Å². The highest BCUT2D eigenvalue weighted by Crippen LogP contribution is 2.39. The van der Waals surface area contributed by atoms with Gasteiger partial charge in [-0.2, -0.15) is 0 Å². The van der Waals surface area contributed by atoms with Crippen LogP contribution in [0.15, 0.2) is 28.0 Å². The Morgan fingerprint density at radius 1 is 1.29 bits per heavy atom. The first kappa shape index (κ1) is 16.3. The summed E-state index contributed by atoms with van der Waals surface area (Å²) in [5.41, 5.74) is 0.645. The number of thioether (sulfide) groups is 2. The van der Waals surface area contributed by atoms with Gasteiger partial charge < -0.3 is 10.1 Å². The number of hydrogen-bond acceptors (Lipinski definition) is 5. The molecule has 0 spiro atoms. The van der Waals surface area contributed by atoms with E-state index in [0.717, 1.165) is 15.7 Å². The van der Waals surface area contributed by atoms with Crippen molar-refractivity contribution in [1.82, 2.24) is 0 Å². The van der Waals surface area contributed by atoms with Crippen molar-refractivity contribution in [2.24, 2.45) is 0 Å². The standard InChI is InChI=1S/C14H14ClNO3S2/c1-8(17)12(14-20-5-6-21-14)13(18)16-10-7-9(15)3-4-11(10)19-2/h3-4,7H,5-6H2,1-2H3,(H,16,18). The van der Waals surface area contributed by atoms with E-state index < -0.39 is 5.91 Å². The van der Waals surface area contributed by atoms with Gasteiger partial charge in [-0.05, 0) is 25.1 Å². The highest BCUT2D eigenvalue weighted by Gasteiger charge is 2.24. The van der Waals surface area contributed by atoms with Crippen LogP contribution in [0.4, 0.5) is 5.69 Å². The van der Waals surface area contributed by atoms with Gasteiger partial charge in [0.1, 0.15) is 11.3 Å². The average molecular weight is 344 g/mol. The van der Waals surface area contributed by atoms with Gasteiger partial charge >= 0.3 is 0 Å². The molecule has 112 valence electrons. The van der Waals surface area contributed by atoms with Gasteiger partial charge in [-0.3, -0.25) is 9.59 Å². The first-order chi connectivity index (χ1) is 10.0. The molecule has 7 heteroatoms. The van der Waals surface area contributed by atoms with Crippen molar-refractivity contribution in [3.05, 3.63) is 33.0 Å². The molecule has 1 amide bonds. The number of Topliss-reactive ketones (excluding diaryl/α,β-unsaturated/α-hetero) is 1. The Labute approximate surface area is 136 Å². The molecule has 1 heterocycles. The molecule has 0 aromatic heterocycles. The van der Waals surface area contributed by atoms with Crippen molar-refractivity contribution in [1.29, 1.82) is 0 Å². The Morgan fingerprint density at radius 3 is 2.52 bits per heavy atom. The molecule has 1 aromatic rings. The first-order valence-corrected chi connectivity index (χ1v) is 8.53. The van der Waals surface area contributed by atoms with Gasteiger partial charge in [-0.15, -0.1) is 23.5 Å². The Balaban J connectivity index is 2.30. The largest absolute Gasteiger partial charge is 0.495 e. The van der Waals surface area contributed by atoms with Crippen LogP contribution in [0.1, 0.15) is 6.92 Å².